The average Bonchev–Trinajstić information content (AvgIpc) is 2.93. The molecular formula is C20H29N5O. The lowest BCUT2D eigenvalue weighted by Gasteiger charge is -2.23. The maximum absolute atomic E-state index is 12.6. The van der Waals surface area contributed by atoms with Crippen molar-refractivity contribution in [3.05, 3.63) is 30.3 Å². The Hall–Kier alpha value is -2.50. The van der Waals surface area contributed by atoms with Crippen molar-refractivity contribution < 1.29 is 4.79 Å². The second kappa shape index (κ2) is 7.40. The lowest BCUT2D eigenvalue weighted by molar-refractivity contribution is 0.244. The molecule has 0 unspecified atom stereocenters. The molecule has 4 N–H and O–H groups in total. The quantitative estimate of drug-likeness (QED) is 0.765. The second-order valence-corrected chi connectivity index (χ2v) is 7.99. The van der Waals surface area contributed by atoms with E-state index in [9.17, 15) is 4.79 Å². The molecule has 1 saturated carbocycles. The van der Waals surface area contributed by atoms with E-state index >= 15 is 0 Å². The average molecular weight is 355 g/mol. The topological polar surface area (TPSA) is 85.0 Å². The summed E-state index contributed by atoms with van der Waals surface area (Å²) in [5.74, 6) is 0.468. The molecule has 2 aromatic rings. The standard InChI is InChI=1S/C20H29N5O/c1-20(2,3)25-18(21)17(16(24-25)14-10-6-4-7-11-14)23-19(26)22-15-12-8-5-9-13-15/h4,6-7,10-11,15H,5,8-9,12-13,21H2,1-3H3,(H2,22,23,26). The third kappa shape index (κ3) is 4.00. The van der Waals surface area contributed by atoms with Crippen LogP contribution in [0.2, 0.25) is 0 Å². The fraction of sp³-hybridized carbons (Fsp3) is 0.500. The van der Waals surface area contributed by atoms with Gasteiger partial charge < -0.3 is 16.4 Å². The van der Waals surface area contributed by atoms with Crippen LogP contribution in [0.25, 0.3) is 11.3 Å². The molecule has 1 aliphatic carbocycles. The lowest BCUT2D eigenvalue weighted by atomic mass is 9.96. The van der Waals surface area contributed by atoms with Gasteiger partial charge in [0, 0.05) is 11.6 Å². The minimum Gasteiger partial charge on any atom is -0.382 e. The Bertz CT molecular complexity index is 754. The number of benzene rings is 1. The van der Waals surface area contributed by atoms with Crippen LogP contribution in [-0.4, -0.2) is 21.9 Å². The minimum atomic E-state index is -0.284. The molecule has 140 valence electrons. The smallest absolute Gasteiger partial charge is 0.319 e. The van der Waals surface area contributed by atoms with Crippen LogP contribution in [0.4, 0.5) is 16.3 Å². The second-order valence-electron chi connectivity index (χ2n) is 7.99. The molecule has 1 aliphatic rings. The maximum Gasteiger partial charge on any atom is 0.319 e. The van der Waals surface area contributed by atoms with Crippen LogP contribution in [0.5, 0.6) is 0 Å². The van der Waals surface area contributed by atoms with Crippen LogP contribution in [0.3, 0.4) is 0 Å². The van der Waals surface area contributed by atoms with E-state index in [4.69, 9.17) is 10.8 Å². The van der Waals surface area contributed by atoms with E-state index in [2.05, 4.69) is 10.6 Å². The SMILES string of the molecule is CC(C)(C)n1nc(-c2ccccc2)c(NC(=O)NC2CCCCC2)c1N. The Morgan fingerprint density at radius 2 is 1.81 bits per heavy atom. The molecule has 0 aliphatic heterocycles. The van der Waals surface area contributed by atoms with E-state index in [0.717, 1.165) is 18.4 Å². The number of amides is 2. The molecular weight excluding hydrogens is 326 g/mol. The summed E-state index contributed by atoms with van der Waals surface area (Å²) in [6.07, 6.45) is 5.67. The summed E-state index contributed by atoms with van der Waals surface area (Å²) in [5.41, 5.74) is 8.27. The maximum atomic E-state index is 12.6. The van der Waals surface area contributed by atoms with Crippen molar-refractivity contribution in [1.29, 1.82) is 0 Å². The van der Waals surface area contributed by atoms with Gasteiger partial charge >= 0.3 is 6.03 Å². The number of hydrogen-bond acceptors (Lipinski definition) is 3. The molecule has 2 amide bonds. The van der Waals surface area contributed by atoms with Gasteiger partial charge in [-0.15, -0.1) is 0 Å². The molecule has 1 fully saturated rings. The van der Waals surface area contributed by atoms with Crippen molar-refractivity contribution in [2.45, 2.75) is 64.5 Å². The third-order valence-electron chi connectivity index (χ3n) is 4.78. The summed E-state index contributed by atoms with van der Waals surface area (Å²) in [6, 6.07) is 9.83. The van der Waals surface area contributed by atoms with Gasteiger partial charge in [0.05, 0.1) is 5.54 Å². The zero-order valence-electron chi connectivity index (χ0n) is 15.9. The number of carbonyl (C=O) groups excluding carboxylic acids is 1. The first-order valence-electron chi connectivity index (χ1n) is 9.38. The highest BCUT2D eigenvalue weighted by atomic mass is 16.2. The molecule has 0 spiro atoms. The van der Waals surface area contributed by atoms with E-state index in [1.54, 1.807) is 4.68 Å². The summed E-state index contributed by atoms with van der Waals surface area (Å²) in [5, 5.41) is 10.7. The van der Waals surface area contributed by atoms with Crippen molar-refractivity contribution in [3.8, 4) is 11.3 Å². The number of nitrogens with two attached hydrogens (primary N) is 1. The highest BCUT2D eigenvalue weighted by Crippen LogP contribution is 2.35. The largest absolute Gasteiger partial charge is 0.382 e. The van der Waals surface area contributed by atoms with Gasteiger partial charge in [0.15, 0.2) is 0 Å². The number of nitrogens with zero attached hydrogens (tertiary/aromatic N) is 2. The normalized spacial score (nSPS) is 15.7. The molecule has 0 atom stereocenters. The molecule has 0 radical (unpaired) electrons. The van der Waals surface area contributed by atoms with Crippen molar-refractivity contribution in [2.75, 3.05) is 11.1 Å². The van der Waals surface area contributed by atoms with E-state index in [1.165, 1.54) is 19.3 Å². The number of carbonyl (C=O) groups is 1. The fourth-order valence-electron chi connectivity index (χ4n) is 3.45. The first-order chi connectivity index (χ1) is 12.4. The molecule has 26 heavy (non-hydrogen) atoms. The summed E-state index contributed by atoms with van der Waals surface area (Å²) in [7, 11) is 0. The Balaban J connectivity index is 1.89. The Morgan fingerprint density at radius 3 is 2.42 bits per heavy atom. The van der Waals surface area contributed by atoms with E-state index < -0.39 is 0 Å². The molecule has 1 heterocycles. The van der Waals surface area contributed by atoms with Gasteiger partial charge in [0.25, 0.3) is 0 Å². The van der Waals surface area contributed by atoms with Crippen LogP contribution in [0, 0.1) is 0 Å². The minimum absolute atomic E-state index is 0.214. The molecule has 6 heteroatoms. The van der Waals surface area contributed by atoms with Gasteiger partial charge in [0.1, 0.15) is 17.2 Å². The van der Waals surface area contributed by atoms with Crippen LogP contribution in [-0.2, 0) is 5.54 Å². The van der Waals surface area contributed by atoms with Gasteiger partial charge in [-0.2, -0.15) is 5.10 Å². The van der Waals surface area contributed by atoms with Crippen LogP contribution < -0.4 is 16.4 Å². The zero-order valence-corrected chi connectivity index (χ0v) is 15.9. The fourth-order valence-corrected chi connectivity index (χ4v) is 3.45. The summed E-state index contributed by atoms with van der Waals surface area (Å²) in [6.45, 7) is 6.12. The summed E-state index contributed by atoms with van der Waals surface area (Å²) in [4.78, 5) is 12.6. The Labute approximate surface area is 155 Å². The predicted octanol–water partition coefficient (Wildman–Crippen LogP) is 4.34. The first-order valence-corrected chi connectivity index (χ1v) is 9.38. The monoisotopic (exact) mass is 355 g/mol. The summed E-state index contributed by atoms with van der Waals surface area (Å²) < 4.78 is 1.77. The van der Waals surface area contributed by atoms with Crippen LogP contribution in [0.1, 0.15) is 52.9 Å². The highest BCUT2D eigenvalue weighted by molar-refractivity contribution is 5.97. The number of rotatable bonds is 3. The molecule has 1 aromatic heterocycles. The Morgan fingerprint density at radius 1 is 1.15 bits per heavy atom. The number of urea groups is 1. The molecule has 3 rings (SSSR count). The third-order valence-corrected chi connectivity index (χ3v) is 4.78. The van der Waals surface area contributed by atoms with Crippen molar-refractivity contribution in [3.63, 3.8) is 0 Å². The molecule has 6 nitrogen and oxygen atoms in total. The number of nitrogens with one attached hydrogen (secondary N) is 2. The molecule has 0 saturated heterocycles. The van der Waals surface area contributed by atoms with Crippen LogP contribution >= 0.6 is 0 Å². The predicted molar refractivity (Wildman–Crippen MR) is 106 cm³/mol. The van der Waals surface area contributed by atoms with Crippen molar-refractivity contribution in [2.24, 2.45) is 0 Å². The Kier molecular flexibility index (Phi) is 5.20. The van der Waals surface area contributed by atoms with Crippen molar-refractivity contribution >= 4 is 17.5 Å². The molecule has 1 aromatic carbocycles. The lowest BCUT2D eigenvalue weighted by Crippen LogP contribution is -2.39. The van der Waals surface area contributed by atoms with Gasteiger partial charge in [-0.05, 0) is 33.6 Å². The first kappa shape index (κ1) is 18.3. The number of aromatic nitrogens is 2. The van der Waals surface area contributed by atoms with Crippen LogP contribution in [0.15, 0.2) is 30.3 Å². The van der Waals surface area contributed by atoms with Gasteiger partial charge in [-0.25, -0.2) is 9.48 Å². The number of hydrogen-bond donors (Lipinski definition) is 3. The molecule has 0 bridgehead atoms. The summed E-state index contributed by atoms with van der Waals surface area (Å²) >= 11 is 0. The van der Waals surface area contributed by atoms with Gasteiger partial charge in [-0.1, -0.05) is 49.6 Å². The van der Waals surface area contributed by atoms with E-state index in [-0.39, 0.29) is 17.6 Å². The zero-order chi connectivity index (χ0) is 18.7. The number of anilines is 2. The van der Waals surface area contributed by atoms with Gasteiger partial charge in [-0.3, -0.25) is 0 Å². The van der Waals surface area contributed by atoms with E-state index in [0.29, 0.717) is 17.2 Å². The van der Waals surface area contributed by atoms with Crippen molar-refractivity contribution in [1.82, 2.24) is 15.1 Å². The number of nitrogen functional groups attached to an aromatic ring is 1. The van der Waals surface area contributed by atoms with Gasteiger partial charge in [0.2, 0.25) is 0 Å². The van der Waals surface area contributed by atoms with E-state index in [1.807, 2.05) is 51.1 Å². The highest BCUT2D eigenvalue weighted by Gasteiger charge is 2.26.